The molecule has 5 nitrogen and oxygen atoms in total. The smallest absolute Gasteiger partial charge is 0.194 e. The number of hydrogen-bond donors (Lipinski definition) is 0. The van der Waals surface area contributed by atoms with Crippen LogP contribution in [0.15, 0.2) is 34.4 Å². The first-order valence-electron chi connectivity index (χ1n) is 9.57. The van der Waals surface area contributed by atoms with Gasteiger partial charge in [-0.15, -0.1) is 0 Å². The Kier molecular flexibility index (Phi) is 4.76. The molecule has 7 heteroatoms. The van der Waals surface area contributed by atoms with Crippen molar-refractivity contribution in [2.45, 2.75) is 44.7 Å². The first kappa shape index (κ1) is 18.6. The summed E-state index contributed by atoms with van der Waals surface area (Å²) in [6.07, 6.45) is 5.09. The summed E-state index contributed by atoms with van der Waals surface area (Å²) in [5.74, 6) is 0.552. The van der Waals surface area contributed by atoms with Gasteiger partial charge in [-0.25, -0.2) is 0 Å². The summed E-state index contributed by atoms with van der Waals surface area (Å²) in [5.41, 5.74) is 3.43. The molecular formula is C21H21Cl2NO4. The van der Waals surface area contributed by atoms with Crippen molar-refractivity contribution in [3.63, 3.8) is 0 Å². The number of allylic oxidation sites excluding steroid dienone is 1. The molecule has 2 fully saturated rings. The molecule has 2 bridgehead atoms. The topological polar surface area (TPSA) is 53.7 Å². The summed E-state index contributed by atoms with van der Waals surface area (Å²) in [5, 5.41) is 5.28. The molecular weight excluding hydrogens is 401 g/mol. The molecule has 1 saturated heterocycles. The van der Waals surface area contributed by atoms with E-state index in [1.54, 1.807) is 12.1 Å². The van der Waals surface area contributed by atoms with Crippen LogP contribution in [-0.2, 0) is 20.8 Å². The lowest BCUT2D eigenvalue weighted by Gasteiger charge is -2.39. The van der Waals surface area contributed by atoms with Gasteiger partial charge in [0.25, 0.3) is 0 Å². The van der Waals surface area contributed by atoms with Crippen molar-refractivity contribution in [3.8, 4) is 11.3 Å². The Hall–Kier alpha value is -1.37. The third kappa shape index (κ3) is 2.92. The van der Waals surface area contributed by atoms with Crippen molar-refractivity contribution in [3.05, 3.63) is 51.2 Å². The molecule has 0 amide bonds. The van der Waals surface area contributed by atoms with Gasteiger partial charge in [0.05, 0.1) is 36.0 Å². The zero-order valence-corrected chi connectivity index (χ0v) is 17.1. The fourth-order valence-corrected chi connectivity index (χ4v) is 5.20. The van der Waals surface area contributed by atoms with Gasteiger partial charge in [-0.3, -0.25) is 0 Å². The van der Waals surface area contributed by atoms with E-state index < -0.39 is 5.79 Å². The number of rotatable bonds is 4. The van der Waals surface area contributed by atoms with E-state index in [2.05, 4.69) is 11.2 Å². The maximum atomic E-state index is 6.37. The number of ether oxygens (including phenoxy) is 3. The zero-order chi connectivity index (χ0) is 19.3. The maximum absolute atomic E-state index is 6.37. The Labute approximate surface area is 173 Å². The first-order valence-corrected chi connectivity index (χ1v) is 10.3. The summed E-state index contributed by atoms with van der Waals surface area (Å²) in [6.45, 7) is 3.61. The standard InChI is InChI=1S/C21H21Cl2NO4/c1-12-16(20(24-28-12)19-17(22)3-2-4-18(19)23)11-25-15-9-13-5-6-14(10-15)21(13)26-7-8-27-21/h2-5,14-15H,6-11H2,1H3/t14-,15-/m0/s1. The second kappa shape index (κ2) is 7.15. The monoisotopic (exact) mass is 421 g/mol. The third-order valence-electron chi connectivity index (χ3n) is 5.99. The quantitative estimate of drug-likeness (QED) is 0.624. The number of benzene rings is 1. The molecule has 1 spiro atoms. The first-order chi connectivity index (χ1) is 13.6. The highest BCUT2D eigenvalue weighted by atomic mass is 35.5. The molecule has 28 heavy (non-hydrogen) atoms. The summed E-state index contributed by atoms with van der Waals surface area (Å²) in [4.78, 5) is 0. The molecule has 2 atom stereocenters. The number of aryl methyl sites for hydroxylation is 1. The van der Waals surface area contributed by atoms with Gasteiger partial charge < -0.3 is 18.7 Å². The van der Waals surface area contributed by atoms with E-state index >= 15 is 0 Å². The minimum absolute atomic E-state index is 0.112. The van der Waals surface area contributed by atoms with Gasteiger partial charge in [0.2, 0.25) is 0 Å². The zero-order valence-electron chi connectivity index (χ0n) is 15.5. The molecule has 0 N–H and O–H groups in total. The second-order valence-corrected chi connectivity index (χ2v) is 8.38. The molecule has 5 rings (SSSR count). The lowest BCUT2D eigenvalue weighted by Crippen LogP contribution is -2.44. The predicted molar refractivity (Wildman–Crippen MR) is 105 cm³/mol. The molecule has 1 aliphatic heterocycles. The largest absolute Gasteiger partial charge is 0.373 e. The lowest BCUT2D eigenvalue weighted by molar-refractivity contribution is -0.183. The lowest BCUT2D eigenvalue weighted by atomic mass is 9.82. The van der Waals surface area contributed by atoms with Gasteiger partial charge in [-0.1, -0.05) is 40.5 Å². The minimum atomic E-state index is -0.483. The van der Waals surface area contributed by atoms with Crippen LogP contribution in [-0.4, -0.2) is 30.3 Å². The SMILES string of the molecule is Cc1onc(-c2c(Cl)cccc2Cl)c1CO[C@H]1CC2=CC[C@@H](C1)C21OCCO1. The van der Waals surface area contributed by atoms with Crippen molar-refractivity contribution < 1.29 is 18.7 Å². The van der Waals surface area contributed by atoms with Gasteiger partial charge >= 0.3 is 0 Å². The van der Waals surface area contributed by atoms with E-state index in [1.807, 2.05) is 13.0 Å². The van der Waals surface area contributed by atoms with Crippen LogP contribution in [0.5, 0.6) is 0 Å². The fraction of sp³-hybridized carbons (Fsp3) is 0.476. The van der Waals surface area contributed by atoms with E-state index in [1.165, 1.54) is 5.57 Å². The average molecular weight is 422 g/mol. The van der Waals surface area contributed by atoms with Crippen molar-refractivity contribution in [2.24, 2.45) is 5.92 Å². The Balaban J connectivity index is 1.34. The Morgan fingerprint density at radius 3 is 2.68 bits per heavy atom. The summed E-state index contributed by atoms with van der Waals surface area (Å²) in [7, 11) is 0. The van der Waals surface area contributed by atoms with Crippen LogP contribution in [0.4, 0.5) is 0 Å². The van der Waals surface area contributed by atoms with E-state index in [0.29, 0.717) is 52.8 Å². The van der Waals surface area contributed by atoms with Gasteiger partial charge in [0.15, 0.2) is 5.79 Å². The number of hydrogen-bond acceptors (Lipinski definition) is 5. The molecule has 2 aromatic rings. The molecule has 148 valence electrons. The van der Waals surface area contributed by atoms with Crippen molar-refractivity contribution in [2.75, 3.05) is 13.2 Å². The third-order valence-corrected chi connectivity index (χ3v) is 6.62. The van der Waals surface area contributed by atoms with Crippen LogP contribution >= 0.6 is 23.2 Å². The Bertz CT molecular complexity index is 912. The second-order valence-electron chi connectivity index (χ2n) is 7.56. The summed E-state index contributed by atoms with van der Waals surface area (Å²) in [6, 6.07) is 5.40. The number of nitrogens with zero attached hydrogens (tertiary/aromatic N) is 1. The molecule has 0 radical (unpaired) electrons. The van der Waals surface area contributed by atoms with Gasteiger partial charge in [-0.2, -0.15) is 0 Å². The van der Waals surface area contributed by atoms with Gasteiger partial charge in [0, 0.05) is 17.0 Å². The summed E-state index contributed by atoms with van der Waals surface area (Å²) >= 11 is 12.7. The average Bonchev–Trinajstić information content (AvgIpc) is 3.33. The van der Waals surface area contributed by atoms with Gasteiger partial charge in [-0.05, 0) is 43.9 Å². The van der Waals surface area contributed by atoms with E-state index in [9.17, 15) is 0 Å². The van der Waals surface area contributed by atoms with Crippen LogP contribution in [0.3, 0.4) is 0 Å². The molecule has 3 aliphatic rings. The van der Waals surface area contributed by atoms with Crippen LogP contribution in [0.2, 0.25) is 10.0 Å². The van der Waals surface area contributed by atoms with Crippen molar-refractivity contribution >= 4 is 23.2 Å². The van der Waals surface area contributed by atoms with Crippen molar-refractivity contribution in [1.82, 2.24) is 5.16 Å². The minimum Gasteiger partial charge on any atom is -0.373 e. The normalized spacial score (nSPS) is 25.5. The highest BCUT2D eigenvalue weighted by Gasteiger charge is 2.54. The highest BCUT2D eigenvalue weighted by molar-refractivity contribution is 6.39. The molecule has 2 heterocycles. The van der Waals surface area contributed by atoms with Crippen LogP contribution in [0.1, 0.15) is 30.6 Å². The number of aromatic nitrogens is 1. The van der Waals surface area contributed by atoms with E-state index in [4.69, 9.17) is 41.9 Å². The van der Waals surface area contributed by atoms with Crippen LogP contribution in [0.25, 0.3) is 11.3 Å². The molecule has 0 unspecified atom stereocenters. The fourth-order valence-electron chi connectivity index (χ4n) is 4.63. The summed E-state index contributed by atoms with van der Waals surface area (Å²) < 4.78 is 23.7. The molecule has 1 aromatic carbocycles. The Morgan fingerprint density at radius 2 is 1.96 bits per heavy atom. The highest BCUT2D eigenvalue weighted by Crippen LogP contribution is 2.51. The van der Waals surface area contributed by atoms with Crippen LogP contribution < -0.4 is 0 Å². The van der Waals surface area contributed by atoms with Gasteiger partial charge in [0.1, 0.15) is 11.5 Å². The predicted octanol–water partition coefficient (Wildman–Crippen LogP) is 5.33. The maximum Gasteiger partial charge on any atom is 0.194 e. The van der Waals surface area contributed by atoms with Crippen LogP contribution in [0, 0.1) is 12.8 Å². The molecule has 2 aliphatic carbocycles. The van der Waals surface area contributed by atoms with E-state index in [0.717, 1.165) is 24.8 Å². The number of halogens is 2. The van der Waals surface area contributed by atoms with E-state index in [-0.39, 0.29) is 6.10 Å². The molecule has 1 saturated carbocycles. The van der Waals surface area contributed by atoms with Crippen molar-refractivity contribution in [1.29, 1.82) is 0 Å². The molecule has 1 aromatic heterocycles. The Morgan fingerprint density at radius 1 is 1.21 bits per heavy atom.